The molecule has 22 heavy (non-hydrogen) atoms. The van der Waals surface area contributed by atoms with E-state index in [0.717, 1.165) is 16.1 Å². The molecule has 0 saturated heterocycles. The third kappa shape index (κ3) is 3.29. The highest BCUT2D eigenvalue weighted by atomic mass is 32.2. The Bertz CT molecular complexity index is 702. The van der Waals surface area contributed by atoms with E-state index in [1.54, 1.807) is 0 Å². The quantitative estimate of drug-likeness (QED) is 0.756. The summed E-state index contributed by atoms with van der Waals surface area (Å²) in [6, 6.07) is 17.1. The first-order valence-corrected chi connectivity index (χ1v) is 7.75. The highest BCUT2D eigenvalue weighted by molar-refractivity contribution is 7.98. The maximum atomic E-state index is 12.2. The Morgan fingerprint density at radius 1 is 1.18 bits per heavy atom. The number of fused-ring (bicyclic) bond motifs is 1. The highest BCUT2D eigenvalue weighted by Crippen LogP contribution is 2.30. The van der Waals surface area contributed by atoms with Crippen LogP contribution in [0.25, 0.3) is 0 Å². The molecule has 0 fully saturated rings. The average Bonchev–Trinajstić information content (AvgIpc) is 2.59. The summed E-state index contributed by atoms with van der Waals surface area (Å²) in [5.41, 5.74) is 7.85. The molecule has 2 aromatic rings. The lowest BCUT2D eigenvalue weighted by Gasteiger charge is -2.17. The molecule has 1 unspecified atom stereocenters. The lowest BCUT2D eigenvalue weighted by atomic mass is 10.1. The van der Waals surface area contributed by atoms with Gasteiger partial charge >= 0.3 is 0 Å². The van der Waals surface area contributed by atoms with Gasteiger partial charge in [-0.05, 0) is 29.6 Å². The lowest BCUT2D eigenvalue weighted by Crippen LogP contribution is -2.41. The van der Waals surface area contributed by atoms with Gasteiger partial charge in [0.15, 0.2) is 0 Å². The van der Waals surface area contributed by atoms with E-state index >= 15 is 0 Å². The van der Waals surface area contributed by atoms with Crippen molar-refractivity contribution in [2.24, 2.45) is 10.7 Å². The number of rotatable bonds is 4. The van der Waals surface area contributed by atoms with Crippen molar-refractivity contribution < 1.29 is 4.79 Å². The van der Waals surface area contributed by atoms with Crippen molar-refractivity contribution in [2.45, 2.75) is 10.9 Å². The zero-order valence-corrected chi connectivity index (χ0v) is 12.6. The van der Waals surface area contributed by atoms with Crippen LogP contribution < -0.4 is 15.8 Å². The first kappa shape index (κ1) is 14.6. The largest absolute Gasteiger partial charge is 0.347 e. The van der Waals surface area contributed by atoms with Gasteiger partial charge in [0, 0.05) is 12.6 Å². The van der Waals surface area contributed by atoms with Gasteiger partial charge in [-0.1, -0.05) is 42.5 Å². The Morgan fingerprint density at radius 2 is 1.91 bits per heavy atom. The fourth-order valence-corrected chi connectivity index (χ4v) is 2.79. The van der Waals surface area contributed by atoms with Crippen molar-refractivity contribution in [3.05, 3.63) is 60.2 Å². The third-order valence-electron chi connectivity index (χ3n) is 3.28. The number of nitrogens with two attached hydrogens (primary N) is 1. The Labute approximate surface area is 133 Å². The fraction of sp³-hybridized carbons (Fsp3) is 0.125. The second-order valence-corrected chi connectivity index (χ2v) is 5.71. The number of carbonyl (C=O) groups is 1. The summed E-state index contributed by atoms with van der Waals surface area (Å²) in [7, 11) is 0. The average molecular weight is 312 g/mol. The maximum absolute atomic E-state index is 12.2. The van der Waals surface area contributed by atoms with E-state index in [1.807, 2.05) is 54.6 Å². The standard InChI is InChI=1S/C16H16N4OS/c17-12(11-6-2-1-3-7-11)10-18-16(21)15-19-13-8-4-5-9-14(13)22-20-15/h1-9,12H,10,17H2,(H,18,21)(H,19,20). The van der Waals surface area contributed by atoms with Crippen molar-refractivity contribution >= 4 is 29.4 Å². The summed E-state index contributed by atoms with van der Waals surface area (Å²) in [4.78, 5) is 17.5. The molecule has 0 aromatic heterocycles. The zero-order valence-electron chi connectivity index (χ0n) is 11.8. The Balaban J connectivity index is 1.62. The van der Waals surface area contributed by atoms with Gasteiger partial charge in [0.1, 0.15) is 0 Å². The number of carbonyl (C=O) groups excluding carboxylic acids is 1. The minimum Gasteiger partial charge on any atom is -0.347 e. The van der Waals surface area contributed by atoms with E-state index in [9.17, 15) is 4.79 Å². The van der Waals surface area contributed by atoms with Crippen molar-refractivity contribution in [3.63, 3.8) is 0 Å². The van der Waals surface area contributed by atoms with Crippen LogP contribution in [-0.2, 0) is 4.79 Å². The van der Waals surface area contributed by atoms with E-state index in [-0.39, 0.29) is 11.9 Å². The smallest absolute Gasteiger partial charge is 0.287 e. The molecule has 1 atom stereocenters. The molecule has 0 saturated carbocycles. The van der Waals surface area contributed by atoms with Gasteiger partial charge in [0.05, 0.1) is 10.6 Å². The minimum atomic E-state index is -0.256. The third-order valence-corrected chi connectivity index (χ3v) is 4.14. The van der Waals surface area contributed by atoms with E-state index in [1.165, 1.54) is 11.9 Å². The van der Waals surface area contributed by atoms with E-state index in [4.69, 9.17) is 5.73 Å². The van der Waals surface area contributed by atoms with Crippen LogP contribution in [0.1, 0.15) is 11.6 Å². The molecule has 1 aliphatic rings. The number of hydrogen-bond donors (Lipinski definition) is 3. The molecule has 0 radical (unpaired) electrons. The van der Waals surface area contributed by atoms with Crippen LogP contribution in [0, 0.1) is 0 Å². The molecule has 1 aliphatic heterocycles. The molecule has 4 N–H and O–H groups in total. The number of amidine groups is 1. The van der Waals surface area contributed by atoms with Crippen LogP contribution in [0.5, 0.6) is 0 Å². The minimum absolute atomic E-state index is 0.241. The molecule has 112 valence electrons. The topological polar surface area (TPSA) is 79.5 Å². The Morgan fingerprint density at radius 3 is 2.73 bits per heavy atom. The molecular weight excluding hydrogens is 296 g/mol. The summed E-state index contributed by atoms with van der Waals surface area (Å²) < 4.78 is 2.95. The molecule has 0 spiro atoms. The molecule has 2 aromatic carbocycles. The lowest BCUT2D eigenvalue weighted by molar-refractivity contribution is -0.115. The van der Waals surface area contributed by atoms with E-state index in [0.29, 0.717) is 12.4 Å². The fourth-order valence-electron chi connectivity index (χ4n) is 2.08. The molecule has 0 bridgehead atoms. The number of nitrogens with zero attached hydrogens (tertiary/aromatic N) is 1. The molecular formula is C16H16N4OS. The summed E-state index contributed by atoms with van der Waals surface area (Å²) in [5, 5.41) is 2.81. The number of benzene rings is 2. The Hall–Kier alpha value is -2.31. The number of para-hydroxylation sites is 1. The van der Waals surface area contributed by atoms with E-state index < -0.39 is 0 Å². The van der Waals surface area contributed by atoms with Gasteiger partial charge in [-0.2, -0.15) is 0 Å². The second-order valence-electron chi connectivity index (χ2n) is 4.86. The van der Waals surface area contributed by atoms with E-state index in [2.05, 4.69) is 15.0 Å². The van der Waals surface area contributed by atoms with Crippen LogP contribution in [0.4, 0.5) is 5.69 Å². The normalized spacial score (nSPS) is 14.3. The molecule has 1 heterocycles. The number of hydrogen-bond acceptors (Lipinski definition) is 5. The van der Waals surface area contributed by atoms with Gasteiger partial charge in [-0.3, -0.25) is 4.79 Å². The van der Waals surface area contributed by atoms with Crippen molar-refractivity contribution in [3.8, 4) is 0 Å². The Kier molecular flexibility index (Phi) is 4.41. The van der Waals surface area contributed by atoms with Crippen molar-refractivity contribution in [2.75, 3.05) is 6.54 Å². The molecule has 0 aliphatic carbocycles. The predicted octanol–water partition coefficient (Wildman–Crippen LogP) is 2.14. The summed E-state index contributed by atoms with van der Waals surface area (Å²) >= 11 is 1.38. The van der Waals surface area contributed by atoms with Crippen LogP contribution >= 0.6 is 11.9 Å². The van der Waals surface area contributed by atoms with Crippen LogP contribution in [0.2, 0.25) is 0 Å². The SMILES string of the molecule is NC(CNC(=O)C1=Nc2ccccc2SN1)c1ccccc1. The van der Waals surface area contributed by atoms with Gasteiger partial charge in [-0.15, -0.1) is 0 Å². The number of amides is 1. The van der Waals surface area contributed by atoms with Crippen LogP contribution in [0.15, 0.2) is 64.5 Å². The van der Waals surface area contributed by atoms with Crippen LogP contribution in [0.3, 0.4) is 0 Å². The molecule has 1 amide bonds. The van der Waals surface area contributed by atoms with Crippen molar-refractivity contribution in [1.82, 2.24) is 10.0 Å². The summed E-state index contributed by atoms with van der Waals surface area (Å²) in [6.07, 6.45) is 0. The number of nitrogens with one attached hydrogen (secondary N) is 2. The van der Waals surface area contributed by atoms with Gasteiger partial charge in [0.2, 0.25) is 5.84 Å². The van der Waals surface area contributed by atoms with Crippen molar-refractivity contribution in [1.29, 1.82) is 0 Å². The first-order valence-electron chi connectivity index (χ1n) is 6.93. The second kappa shape index (κ2) is 6.64. The van der Waals surface area contributed by atoms with Gasteiger partial charge < -0.3 is 15.8 Å². The summed E-state index contributed by atoms with van der Waals surface area (Å²) in [5.74, 6) is 0.0392. The van der Waals surface area contributed by atoms with Gasteiger partial charge in [-0.25, -0.2) is 4.99 Å². The predicted molar refractivity (Wildman–Crippen MR) is 88.9 cm³/mol. The molecule has 3 rings (SSSR count). The maximum Gasteiger partial charge on any atom is 0.287 e. The molecule has 5 nitrogen and oxygen atoms in total. The van der Waals surface area contributed by atoms with Crippen LogP contribution in [-0.4, -0.2) is 18.3 Å². The van der Waals surface area contributed by atoms with Gasteiger partial charge in [0.25, 0.3) is 5.91 Å². The first-order chi connectivity index (χ1) is 10.7. The molecule has 6 heteroatoms. The monoisotopic (exact) mass is 312 g/mol. The highest BCUT2D eigenvalue weighted by Gasteiger charge is 2.18. The zero-order chi connectivity index (χ0) is 15.4. The number of aliphatic imine (C=N–C) groups is 1. The summed E-state index contributed by atoms with van der Waals surface area (Å²) in [6.45, 7) is 0.357.